The number of aliphatic hydroxyl groups is 1. The molecule has 0 radical (unpaired) electrons. The molecule has 0 saturated carbocycles. The van der Waals surface area contributed by atoms with E-state index in [4.69, 9.17) is 9.84 Å². The summed E-state index contributed by atoms with van der Waals surface area (Å²) in [5.41, 5.74) is 3.88. The lowest BCUT2D eigenvalue weighted by Crippen LogP contribution is -2.20. The summed E-state index contributed by atoms with van der Waals surface area (Å²) in [6.45, 7) is 6.28. The quantitative estimate of drug-likeness (QED) is 0.140. The van der Waals surface area contributed by atoms with E-state index in [2.05, 4.69) is 48.9 Å². The van der Waals surface area contributed by atoms with Gasteiger partial charge in [-0.05, 0) is 46.5 Å². The van der Waals surface area contributed by atoms with E-state index in [1.54, 1.807) is 0 Å². The first kappa shape index (κ1) is 33.2. The van der Waals surface area contributed by atoms with Gasteiger partial charge in [-0.3, -0.25) is 0 Å². The Bertz CT molecular complexity index is 1130. The van der Waals surface area contributed by atoms with Gasteiger partial charge >= 0.3 is 13.2 Å². The smallest absolute Gasteiger partial charge is 0.387 e. The van der Waals surface area contributed by atoms with Crippen molar-refractivity contribution in [1.29, 1.82) is 0 Å². The second kappa shape index (κ2) is 17.0. The molecular formula is C26H37F4N5O4S. The fourth-order valence-corrected chi connectivity index (χ4v) is 4.09. The Morgan fingerprint density at radius 2 is 1.68 bits per heavy atom. The second-order valence-electron chi connectivity index (χ2n) is 9.02. The highest BCUT2D eigenvalue weighted by atomic mass is 32.1. The number of benzene rings is 1. The molecule has 224 valence electrons. The molecule has 1 unspecified atom stereocenters. The van der Waals surface area contributed by atoms with Crippen LogP contribution in [0, 0.1) is 19.8 Å². The minimum atomic E-state index is -3.12. The van der Waals surface area contributed by atoms with E-state index in [0.717, 1.165) is 36.0 Å². The van der Waals surface area contributed by atoms with Crippen molar-refractivity contribution in [3.63, 3.8) is 0 Å². The van der Waals surface area contributed by atoms with Gasteiger partial charge in [0.1, 0.15) is 5.82 Å². The highest BCUT2D eigenvalue weighted by molar-refractivity contribution is 7.16. The number of halogens is 4. The fourth-order valence-electron chi connectivity index (χ4n) is 3.40. The van der Waals surface area contributed by atoms with Crippen molar-refractivity contribution in [2.24, 2.45) is 5.92 Å². The third-order valence-corrected chi connectivity index (χ3v) is 6.53. The summed E-state index contributed by atoms with van der Waals surface area (Å²) in [6.07, 6.45) is 1.99. The van der Waals surface area contributed by atoms with Crippen molar-refractivity contribution >= 4 is 33.3 Å². The third-order valence-electron chi connectivity index (χ3n) is 5.74. The molecule has 2 heterocycles. The lowest BCUT2D eigenvalue weighted by atomic mass is 10.0. The lowest BCUT2D eigenvalue weighted by molar-refractivity contribution is -0.0690. The van der Waals surface area contributed by atoms with E-state index in [1.807, 2.05) is 20.8 Å². The first-order valence-corrected chi connectivity index (χ1v) is 13.7. The molecule has 14 heteroatoms. The average molecular weight is 592 g/mol. The Labute approximate surface area is 235 Å². The molecule has 1 aromatic carbocycles. The highest BCUT2D eigenvalue weighted by Crippen LogP contribution is 2.35. The maximum Gasteiger partial charge on any atom is 0.387 e. The maximum atomic E-state index is 12.1. The van der Waals surface area contributed by atoms with Crippen molar-refractivity contribution in [2.75, 3.05) is 37.0 Å². The number of thiazole rings is 1. The maximum absolute atomic E-state index is 12.1. The van der Waals surface area contributed by atoms with Crippen molar-refractivity contribution in [3.05, 3.63) is 28.9 Å². The Kier molecular flexibility index (Phi) is 14.1. The van der Waals surface area contributed by atoms with Gasteiger partial charge in [-0.15, -0.1) is 11.3 Å². The number of nitrogens with zero attached hydrogens (tertiary/aromatic N) is 3. The molecule has 9 nitrogen and oxygen atoms in total. The van der Waals surface area contributed by atoms with Gasteiger partial charge in [0.25, 0.3) is 0 Å². The number of ether oxygens (including phenoxy) is 3. The summed E-state index contributed by atoms with van der Waals surface area (Å²) in [4.78, 5) is 12.9. The monoisotopic (exact) mass is 591 g/mol. The lowest BCUT2D eigenvalue weighted by Gasteiger charge is -2.19. The second-order valence-corrected chi connectivity index (χ2v) is 9.90. The van der Waals surface area contributed by atoms with E-state index in [9.17, 15) is 17.6 Å². The largest absolute Gasteiger partial charge is 0.431 e. The minimum absolute atomic E-state index is 0.242. The Morgan fingerprint density at radius 1 is 1.00 bits per heavy atom. The molecule has 0 aliphatic carbocycles. The average Bonchev–Trinajstić information content (AvgIpc) is 3.35. The zero-order valence-electron chi connectivity index (χ0n) is 23.2. The molecule has 2 aromatic heterocycles. The predicted octanol–water partition coefficient (Wildman–Crippen LogP) is 6.25. The summed E-state index contributed by atoms with van der Waals surface area (Å²) in [5, 5.41) is 15.8. The molecule has 0 aliphatic rings. The number of hydrogen-bond donors (Lipinski definition) is 3. The van der Waals surface area contributed by atoms with Crippen LogP contribution in [0.4, 0.5) is 29.3 Å². The third kappa shape index (κ3) is 11.3. The summed E-state index contributed by atoms with van der Waals surface area (Å²) in [5.74, 6) is 0.950. The van der Waals surface area contributed by atoms with Crippen LogP contribution in [0.25, 0.3) is 10.2 Å². The number of rotatable bonds is 15. The molecular weight excluding hydrogens is 554 g/mol. The summed E-state index contributed by atoms with van der Waals surface area (Å²) in [6, 6.07) is 2.63. The van der Waals surface area contributed by atoms with Crippen LogP contribution in [0.3, 0.4) is 0 Å². The van der Waals surface area contributed by atoms with Crippen molar-refractivity contribution < 1.29 is 36.9 Å². The van der Waals surface area contributed by atoms with Crippen molar-refractivity contribution in [1.82, 2.24) is 15.0 Å². The number of aromatic nitrogens is 3. The van der Waals surface area contributed by atoms with Crippen LogP contribution in [-0.2, 0) is 4.74 Å². The van der Waals surface area contributed by atoms with Crippen LogP contribution in [0.1, 0.15) is 44.9 Å². The van der Waals surface area contributed by atoms with Gasteiger partial charge in [-0.25, -0.2) is 9.97 Å². The van der Waals surface area contributed by atoms with Gasteiger partial charge < -0.3 is 30.0 Å². The number of anilines is 2. The van der Waals surface area contributed by atoms with Gasteiger partial charge in [0.05, 0.1) is 22.3 Å². The standard InChI is InChI=1S/C17H32N4O2.C9H5F4NO2S/c1-6-23-10-9-18-17-20-15(5)14(4)16(21-17)19-13(3)8-7-12(2)11-22;10-8(11)15-5-1-4-7(17-3-14-4)2-6(5)16-9(12)13/h12-13,22H,6-11H2,1-5H3,(H2,18,19,20,21);1-3,8-9H/t12?,13-;/m1./s1. The van der Waals surface area contributed by atoms with E-state index >= 15 is 0 Å². The fraction of sp³-hybridized carbons (Fsp3) is 0.577. The SMILES string of the molecule is CCOCCNc1nc(C)c(C)c(N[C@H](C)CCC(C)CO)n1.FC(F)Oc1cc2ncsc2cc1OC(F)F. The van der Waals surface area contributed by atoms with Gasteiger partial charge in [0.15, 0.2) is 11.5 Å². The number of aliphatic hydroxyl groups excluding tert-OH is 1. The van der Waals surface area contributed by atoms with E-state index in [1.165, 1.54) is 22.9 Å². The topological polar surface area (TPSA) is 111 Å². The summed E-state index contributed by atoms with van der Waals surface area (Å²) >= 11 is 1.18. The zero-order chi connectivity index (χ0) is 29.7. The minimum Gasteiger partial charge on any atom is -0.431 e. The highest BCUT2D eigenvalue weighted by Gasteiger charge is 2.17. The van der Waals surface area contributed by atoms with Crippen LogP contribution >= 0.6 is 11.3 Å². The van der Waals surface area contributed by atoms with Gasteiger partial charge in [0, 0.05) is 49.2 Å². The molecule has 40 heavy (non-hydrogen) atoms. The number of fused-ring (bicyclic) bond motifs is 1. The summed E-state index contributed by atoms with van der Waals surface area (Å²) < 4.78 is 62.4. The van der Waals surface area contributed by atoms with Crippen LogP contribution < -0.4 is 20.1 Å². The molecule has 0 saturated heterocycles. The Morgan fingerprint density at radius 3 is 2.30 bits per heavy atom. The molecule has 0 amide bonds. The molecule has 3 aromatic rings. The number of hydrogen-bond acceptors (Lipinski definition) is 10. The van der Waals surface area contributed by atoms with Gasteiger partial charge in [0.2, 0.25) is 5.95 Å². The van der Waals surface area contributed by atoms with Crippen molar-refractivity contribution in [3.8, 4) is 11.5 Å². The first-order valence-electron chi connectivity index (χ1n) is 12.8. The van der Waals surface area contributed by atoms with Crippen LogP contribution in [-0.4, -0.2) is 65.7 Å². The molecule has 2 atom stereocenters. The molecule has 0 aliphatic heterocycles. The molecule has 0 fully saturated rings. The number of nitrogens with one attached hydrogen (secondary N) is 2. The number of aryl methyl sites for hydroxylation is 1. The normalized spacial score (nSPS) is 12.7. The molecule has 3 N–H and O–H groups in total. The van der Waals surface area contributed by atoms with Crippen LogP contribution in [0.2, 0.25) is 0 Å². The first-order chi connectivity index (χ1) is 19.0. The predicted molar refractivity (Wildman–Crippen MR) is 148 cm³/mol. The van der Waals surface area contributed by atoms with E-state index < -0.39 is 24.7 Å². The Balaban J connectivity index is 0.000000292. The van der Waals surface area contributed by atoms with Crippen LogP contribution in [0.15, 0.2) is 17.6 Å². The number of alkyl halides is 4. The van der Waals surface area contributed by atoms with E-state index in [0.29, 0.717) is 47.9 Å². The Hall–Kier alpha value is -2.97. The summed E-state index contributed by atoms with van der Waals surface area (Å²) in [7, 11) is 0. The molecule has 3 rings (SSSR count). The van der Waals surface area contributed by atoms with Crippen molar-refractivity contribution in [2.45, 2.75) is 66.7 Å². The molecule has 0 spiro atoms. The zero-order valence-corrected chi connectivity index (χ0v) is 24.0. The van der Waals surface area contributed by atoms with Gasteiger partial charge in [-0.1, -0.05) is 6.92 Å². The van der Waals surface area contributed by atoms with E-state index in [-0.39, 0.29) is 6.61 Å². The molecule has 0 bridgehead atoms. The van der Waals surface area contributed by atoms with Gasteiger partial charge in [-0.2, -0.15) is 22.5 Å². The van der Waals surface area contributed by atoms with Crippen LogP contribution in [0.5, 0.6) is 11.5 Å².